The van der Waals surface area contributed by atoms with E-state index in [-0.39, 0.29) is 11.5 Å². The minimum absolute atomic E-state index is 0.144. The Hall–Kier alpha value is -1.60. The smallest absolute Gasteiger partial charge is 0.335 e. The van der Waals surface area contributed by atoms with Crippen molar-refractivity contribution in [1.82, 2.24) is 5.32 Å². The lowest BCUT2D eigenvalue weighted by Gasteiger charge is -2.16. The summed E-state index contributed by atoms with van der Waals surface area (Å²) in [4.78, 5) is 22.6. The van der Waals surface area contributed by atoms with Gasteiger partial charge in [0, 0.05) is 20.3 Å². The quantitative estimate of drug-likeness (QED) is 0.694. The van der Waals surface area contributed by atoms with Crippen molar-refractivity contribution in [3.05, 3.63) is 28.2 Å². The van der Waals surface area contributed by atoms with Gasteiger partial charge in [0.1, 0.15) is 5.75 Å². The molecule has 0 saturated carbocycles. The maximum Gasteiger partial charge on any atom is 0.335 e. The molecule has 0 fully saturated rings. The van der Waals surface area contributed by atoms with Gasteiger partial charge < -0.3 is 19.9 Å². The summed E-state index contributed by atoms with van der Waals surface area (Å²) in [6.45, 7) is 2.72. The van der Waals surface area contributed by atoms with E-state index >= 15 is 0 Å². The Bertz CT molecular complexity index is 506. The van der Waals surface area contributed by atoms with E-state index in [9.17, 15) is 9.59 Å². The molecule has 0 radical (unpaired) electrons. The number of methoxy groups -OCH3 is 1. The van der Waals surface area contributed by atoms with Crippen LogP contribution in [-0.2, 0) is 9.53 Å². The predicted octanol–water partition coefficient (Wildman–Crippen LogP) is 2.07. The highest BCUT2D eigenvalue weighted by molar-refractivity contribution is 9.10. The van der Waals surface area contributed by atoms with E-state index in [4.69, 9.17) is 14.6 Å². The van der Waals surface area contributed by atoms with Gasteiger partial charge in [0.2, 0.25) is 0 Å². The van der Waals surface area contributed by atoms with E-state index < -0.39 is 12.1 Å². The number of carbonyl (C=O) groups is 2. The highest BCUT2D eigenvalue weighted by Crippen LogP contribution is 2.27. The second-order valence-electron chi connectivity index (χ2n) is 4.35. The Kier molecular flexibility index (Phi) is 7.18. The van der Waals surface area contributed by atoms with E-state index in [1.54, 1.807) is 14.0 Å². The van der Waals surface area contributed by atoms with E-state index in [2.05, 4.69) is 21.2 Å². The Labute approximate surface area is 131 Å². The zero-order valence-corrected chi connectivity index (χ0v) is 13.5. The third-order valence-corrected chi connectivity index (χ3v) is 3.30. The fourth-order valence-electron chi connectivity index (χ4n) is 1.55. The molecular formula is C14H18BrNO5. The first kappa shape index (κ1) is 17.5. The summed E-state index contributed by atoms with van der Waals surface area (Å²) in [5.74, 6) is -0.842. The van der Waals surface area contributed by atoms with Gasteiger partial charge in [-0.2, -0.15) is 0 Å². The van der Waals surface area contributed by atoms with Gasteiger partial charge in [0.25, 0.3) is 5.91 Å². The van der Waals surface area contributed by atoms with Crippen molar-refractivity contribution in [2.45, 2.75) is 19.4 Å². The van der Waals surface area contributed by atoms with Crippen LogP contribution in [0.2, 0.25) is 0 Å². The second kappa shape index (κ2) is 8.63. The molecule has 1 atom stereocenters. The Morgan fingerprint density at radius 1 is 1.43 bits per heavy atom. The monoisotopic (exact) mass is 359 g/mol. The molecule has 0 aliphatic carbocycles. The van der Waals surface area contributed by atoms with Crippen LogP contribution in [0.5, 0.6) is 5.75 Å². The molecule has 0 spiro atoms. The minimum Gasteiger partial charge on any atom is -0.480 e. The number of carboxylic acid groups (broad SMARTS) is 1. The van der Waals surface area contributed by atoms with E-state index in [1.807, 2.05) is 0 Å². The summed E-state index contributed by atoms with van der Waals surface area (Å²) in [7, 11) is 1.60. The number of amides is 1. The van der Waals surface area contributed by atoms with Crippen molar-refractivity contribution in [1.29, 1.82) is 0 Å². The molecule has 0 saturated heterocycles. The van der Waals surface area contributed by atoms with Gasteiger partial charge in [-0.05, 0) is 47.5 Å². The molecule has 0 bridgehead atoms. The lowest BCUT2D eigenvalue weighted by Crippen LogP contribution is -2.37. The average Bonchev–Trinajstić information content (AvgIpc) is 2.45. The van der Waals surface area contributed by atoms with Gasteiger partial charge in [0.05, 0.1) is 10.0 Å². The Balaban J connectivity index is 2.56. The standard InChI is InChI=1S/C14H18BrNO5/c1-9(13(17)16-6-3-7-20-2)21-12-5-4-10(14(18)19)8-11(12)15/h4-5,8-9H,3,6-7H2,1-2H3,(H,16,17)(H,18,19). The molecular weight excluding hydrogens is 342 g/mol. The molecule has 21 heavy (non-hydrogen) atoms. The number of hydrogen-bond donors (Lipinski definition) is 2. The second-order valence-corrected chi connectivity index (χ2v) is 5.20. The van der Waals surface area contributed by atoms with Crippen LogP contribution >= 0.6 is 15.9 Å². The summed E-state index contributed by atoms with van der Waals surface area (Å²) >= 11 is 3.23. The van der Waals surface area contributed by atoms with Gasteiger partial charge in [0.15, 0.2) is 6.10 Å². The van der Waals surface area contributed by atoms with E-state index in [0.717, 1.165) is 6.42 Å². The summed E-state index contributed by atoms with van der Waals surface area (Å²) in [5, 5.41) is 11.6. The van der Waals surface area contributed by atoms with Crippen molar-refractivity contribution >= 4 is 27.8 Å². The third-order valence-electron chi connectivity index (χ3n) is 2.68. The number of nitrogens with one attached hydrogen (secondary N) is 1. The number of hydrogen-bond acceptors (Lipinski definition) is 4. The van der Waals surface area contributed by atoms with Crippen molar-refractivity contribution in [3.8, 4) is 5.75 Å². The van der Waals surface area contributed by atoms with Crippen LogP contribution in [0.25, 0.3) is 0 Å². The molecule has 1 rings (SSSR count). The van der Waals surface area contributed by atoms with Crippen molar-refractivity contribution in [2.75, 3.05) is 20.3 Å². The van der Waals surface area contributed by atoms with Crippen LogP contribution in [0, 0.1) is 0 Å². The summed E-state index contributed by atoms with van der Waals surface area (Å²) in [6, 6.07) is 4.37. The molecule has 1 unspecified atom stereocenters. The van der Waals surface area contributed by atoms with Crippen LogP contribution in [0.1, 0.15) is 23.7 Å². The summed E-state index contributed by atoms with van der Waals surface area (Å²) in [5.41, 5.74) is 0.144. The number of carbonyl (C=O) groups excluding carboxylic acids is 1. The maximum absolute atomic E-state index is 11.8. The van der Waals surface area contributed by atoms with E-state index in [0.29, 0.717) is 23.4 Å². The Morgan fingerprint density at radius 3 is 2.71 bits per heavy atom. The molecule has 1 aromatic carbocycles. The average molecular weight is 360 g/mol. The SMILES string of the molecule is COCCCNC(=O)C(C)Oc1ccc(C(=O)O)cc1Br. The maximum atomic E-state index is 11.8. The van der Waals surface area contributed by atoms with Gasteiger partial charge >= 0.3 is 5.97 Å². The fraction of sp³-hybridized carbons (Fsp3) is 0.429. The molecule has 1 amide bonds. The van der Waals surface area contributed by atoms with Gasteiger partial charge in [-0.3, -0.25) is 4.79 Å². The predicted molar refractivity (Wildman–Crippen MR) is 80.7 cm³/mol. The zero-order valence-electron chi connectivity index (χ0n) is 11.9. The molecule has 2 N–H and O–H groups in total. The number of ether oxygens (including phenoxy) is 2. The lowest BCUT2D eigenvalue weighted by molar-refractivity contribution is -0.127. The third kappa shape index (κ3) is 5.73. The minimum atomic E-state index is -1.02. The topological polar surface area (TPSA) is 84.9 Å². The van der Waals surface area contributed by atoms with Gasteiger partial charge in [-0.15, -0.1) is 0 Å². The molecule has 0 aliphatic rings. The highest BCUT2D eigenvalue weighted by atomic mass is 79.9. The number of rotatable bonds is 8. The van der Waals surface area contributed by atoms with Crippen molar-refractivity contribution in [3.63, 3.8) is 0 Å². The van der Waals surface area contributed by atoms with Gasteiger partial charge in [-0.25, -0.2) is 4.79 Å². The number of carboxylic acids is 1. The van der Waals surface area contributed by atoms with Crippen LogP contribution in [-0.4, -0.2) is 43.3 Å². The van der Waals surface area contributed by atoms with Crippen LogP contribution in [0.15, 0.2) is 22.7 Å². The lowest BCUT2D eigenvalue weighted by atomic mass is 10.2. The first-order valence-corrected chi connectivity index (χ1v) is 7.21. The normalized spacial score (nSPS) is 11.8. The number of halogens is 1. The Morgan fingerprint density at radius 2 is 2.14 bits per heavy atom. The summed E-state index contributed by atoms with van der Waals surface area (Å²) in [6.07, 6.45) is 0.0471. The molecule has 1 aromatic rings. The highest BCUT2D eigenvalue weighted by Gasteiger charge is 2.16. The molecule has 6 nitrogen and oxygen atoms in total. The molecule has 0 aromatic heterocycles. The number of benzene rings is 1. The largest absolute Gasteiger partial charge is 0.480 e. The van der Waals surface area contributed by atoms with Crippen molar-refractivity contribution < 1.29 is 24.2 Å². The molecule has 0 aliphatic heterocycles. The fourth-order valence-corrected chi connectivity index (χ4v) is 2.02. The van der Waals surface area contributed by atoms with Crippen molar-refractivity contribution in [2.24, 2.45) is 0 Å². The van der Waals surface area contributed by atoms with Gasteiger partial charge in [-0.1, -0.05) is 0 Å². The van der Waals surface area contributed by atoms with E-state index in [1.165, 1.54) is 18.2 Å². The van der Waals surface area contributed by atoms with Crippen LogP contribution in [0.3, 0.4) is 0 Å². The van der Waals surface area contributed by atoms with Crippen LogP contribution in [0.4, 0.5) is 0 Å². The molecule has 116 valence electrons. The summed E-state index contributed by atoms with van der Waals surface area (Å²) < 4.78 is 10.9. The first-order chi connectivity index (χ1) is 9.95. The first-order valence-electron chi connectivity index (χ1n) is 6.42. The number of aromatic carboxylic acids is 1. The molecule has 7 heteroatoms. The molecule has 0 heterocycles. The van der Waals surface area contributed by atoms with Crippen LogP contribution < -0.4 is 10.1 Å². The zero-order chi connectivity index (χ0) is 15.8.